The number of nitrogens with one attached hydrogen (secondary N) is 4. The molecule has 0 unspecified atom stereocenters. The molecule has 2 aromatic heterocycles. The molecule has 0 saturated carbocycles. The zero-order valence-electron chi connectivity index (χ0n) is 41.9. The monoisotopic (exact) mass is 1000 g/mol. The number of aromatic nitrogens is 1. The van der Waals surface area contributed by atoms with E-state index in [1.54, 1.807) is 57.0 Å². The van der Waals surface area contributed by atoms with Crippen molar-refractivity contribution >= 4 is 85.3 Å². The first kappa shape index (κ1) is 52.8. The van der Waals surface area contributed by atoms with Crippen molar-refractivity contribution in [2.75, 3.05) is 68.0 Å². The third-order valence-corrected chi connectivity index (χ3v) is 14.1. The highest BCUT2D eigenvalue weighted by molar-refractivity contribution is 7.19. The number of anilines is 4. The number of benzene rings is 3. The number of carbonyl (C=O) groups excluding carboxylic acids is 7. The van der Waals surface area contributed by atoms with Crippen LogP contribution in [-0.2, 0) is 48.6 Å². The maximum absolute atomic E-state index is 13.9. The zero-order chi connectivity index (χ0) is 51.5. The first-order chi connectivity index (χ1) is 34.6. The number of thiophene rings is 1. The fraction of sp³-hybridized carbons (Fsp3) is 0.426. The molecule has 0 fully saturated rings. The number of hydrogen-bond acceptors (Lipinski definition) is 12. The average molecular weight is 1000 g/mol. The van der Waals surface area contributed by atoms with E-state index < -0.39 is 12.0 Å². The molecule has 382 valence electrons. The molecule has 2 aliphatic heterocycles. The highest BCUT2D eigenvalue weighted by Gasteiger charge is 2.39. The lowest BCUT2D eigenvalue weighted by molar-refractivity contribution is -0.131. The third-order valence-electron chi connectivity index (χ3n) is 13.0. The van der Waals surface area contributed by atoms with E-state index >= 15 is 0 Å². The Labute approximate surface area is 423 Å². The van der Waals surface area contributed by atoms with Crippen LogP contribution in [0.25, 0.3) is 10.1 Å². The molecular formula is C54H65N7O10S. The Bertz CT molecular complexity index is 2820. The number of rotatable bonds is 25. The van der Waals surface area contributed by atoms with Gasteiger partial charge in [-0.05, 0) is 92.4 Å². The number of unbranched alkanes of at least 4 members (excludes halogenated alkanes) is 1. The highest BCUT2D eigenvalue weighted by atomic mass is 32.1. The van der Waals surface area contributed by atoms with E-state index in [-0.39, 0.29) is 79.4 Å². The van der Waals surface area contributed by atoms with Crippen molar-refractivity contribution in [2.24, 2.45) is 13.0 Å². The zero-order valence-corrected chi connectivity index (χ0v) is 42.7. The molecular weight excluding hydrogens is 939 g/mol. The van der Waals surface area contributed by atoms with E-state index in [0.29, 0.717) is 79.5 Å². The number of nitrogens with zero attached hydrogens (tertiary/aromatic N) is 3. The van der Waals surface area contributed by atoms with Crippen molar-refractivity contribution < 1.29 is 47.8 Å². The number of fused-ring (bicyclic) bond motifs is 5. The Morgan fingerprint density at radius 2 is 1.58 bits per heavy atom. The van der Waals surface area contributed by atoms with Crippen LogP contribution in [0.15, 0.2) is 72.9 Å². The second-order valence-electron chi connectivity index (χ2n) is 18.6. The lowest BCUT2D eigenvalue weighted by atomic mass is 9.99. The quantitative estimate of drug-likeness (QED) is 0.0429. The Kier molecular flexibility index (Phi) is 17.9. The molecule has 3 atom stereocenters. The van der Waals surface area contributed by atoms with E-state index in [9.17, 15) is 33.6 Å². The fourth-order valence-corrected chi connectivity index (χ4v) is 10.2. The normalized spacial score (nSPS) is 14.6. The van der Waals surface area contributed by atoms with Crippen LogP contribution in [0.4, 0.5) is 22.7 Å². The van der Waals surface area contributed by atoms with E-state index in [4.69, 9.17) is 14.2 Å². The van der Waals surface area contributed by atoms with Gasteiger partial charge in [-0.15, -0.1) is 11.3 Å². The first-order valence-electron chi connectivity index (χ1n) is 24.5. The van der Waals surface area contributed by atoms with Crippen LogP contribution in [0.1, 0.15) is 96.5 Å². The van der Waals surface area contributed by atoms with Gasteiger partial charge in [0.05, 0.1) is 42.7 Å². The van der Waals surface area contributed by atoms with Crippen LogP contribution < -0.4 is 40.5 Å². The lowest BCUT2D eigenvalue weighted by Gasteiger charge is -2.25. The van der Waals surface area contributed by atoms with Crippen molar-refractivity contribution in [3.8, 4) is 11.5 Å². The predicted octanol–water partition coefficient (Wildman–Crippen LogP) is 7.24. The van der Waals surface area contributed by atoms with Gasteiger partial charge in [0, 0.05) is 112 Å². The highest BCUT2D eigenvalue weighted by Crippen LogP contribution is 2.42. The van der Waals surface area contributed by atoms with Crippen LogP contribution >= 0.6 is 11.3 Å². The van der Waals surface area contributed by atoms with Crippen LogP contribution in [0.2, 0.25) is 0 Å². The van der Waals surface area contributed by atoms with Crippen molar-refractivity contribution in [3.05, 3.63) is 94.6 Å². The minimum absolute atomic E-state index is 0.00887. The van der Waals surface area contributed by atoms with Gasteiger partial charge >= 0.3 is 0 Å². The number of hydrogen-bond donors (Lipinski definition) is 4. The molecule has 3 aromatic carbocycles. The number of Topliss-reactive ketones (excluding diaryl/α,β-unsaturated/α-hetero) is 2. The van der Waals surface area contributed by atoms with Gasteiger partial charge in [0.25, 0.3) is 11.8 Å². The number of amides is 5. The summed E-state index contributed by atoms with van der Waals surface area (Å²) in [5.41, 5.74) is 4.72. The molecule has 17 nitrogen and oxygen atoms in total. The van der Waals surface area contributed by atoms with Crippen molar-refractivity contribution in [1.82, 2.24) is 15.2 Å². The van der Waals surface area contributed by atoms with Gasteiger partial charge in [-0.2, -0.15) is 0 Å². The standard InChI is InChI=1S/C54H65N7O10S/c1-33(23-40(62)14-8-10-16-50(64)55-20-12-21-69-5)52(66)56-34(2)46(63)28-41-26-36-24-37(18-19-49(36)72-41)58-53(67)45-27-38(31-59(45)3)57-51(65)17-11-22-71-48-30-44-42(29-47(48)70-6)54(68)61-39(32-60(44)4)25-35-13-7-9-15-43(35)61/h7,9,13,15,18-19,24,26-27,29-31,33-34,39H,8,10-12,14,16-17,20-23,25,28,32H2,1-6H3,(H,55,64)(H,56,66)(H,57,65)(H,58,67)/t33-,34+,39+/m1/s1. The number of methoxy groups -OCH3 is 2. The second kappa shape index (κ2) is 24.4. The van der Waals surface area contributed by atoms with E-state index in [1.165, 1.54) is 18.4 Å². The summed E-state index contributed by atoms with van der Waals surface area (Å²) in [5, 5.41) is 12.2. The maximum atomic E-state index is 13.9. The van der Waals surface area contributed by atoms with Gasteiger partial charge in [0.15, 0.2) is 17.3 Å². The molecule has 0 bridgehead atoms. The summed E-state index contributed by atoms with van der Waals surface area (Å²) >= 11 is 1.45. The number of likely N-dealkylation sites (N-methyl/N-ethyl adjacent to an activating group) is 1. The van der Waals surface area contributed by atoms with Crippen LogP contribution in [0.3, 0.4) is 0 Å². The number of ketones is 2. The second-order valence-corrected chi connectivity index (χ2v) is 19.8. The SMILES string of the molecule is COCCCNC(=O)CCCCC(=O)C[C@@H](C)C(=O)N[C@@H](C)C(=O)Cc1cc2cc(NC(=O)c3cc(NC(=O)CCCOc4cc5c(cc4OC)C(=O)N4c6ccccc6C[C@H]4CN5C)cn3C)ccc2s1. The summed E-state index contributed by atoms with van der Waals surface area (Å²) in [4.78, 5) is 95.8. The molecule has 72 heavy (non-hydrogen) atoms. The average Bonchev–Trinajstić information content (AvgIpc) is 4.03. The Balaban J connectivity index is 0.835. The molecule has 5 amide bonds. The van der Waals surface area contributed by atoms with E-state index in [1.807, 2.05) is 54.4 Å². The van der Waals surface area contributed by atoms with Gasteiger partial charge < -0.3 is 49.8 Å². The molecule has 0 radical (unpaired) electrons. The number of aryl methyl sites for hydroxylation is 1. The van der Waals surface area contributed by atoms with E-state index in [0.717, 1.165) is 44.7 Å². The van der Waals surface area contributed by atoms with E-state index in [2.05, 4.69) is 32.2 Å². The minimum Gasteiger partial charge on any atom is -0.493 e. The molecule has 4 N–H and O–H groups in total. The molecule has 2 aliphatic rings. The maximum Gasteiger partial charge on any atom is 0.272 e. The largest absolute Gasteiger partial charge is 0.493 e. The summed E-state index contributed by atoms with van der Waals surface area (Å²) in [6.45, 7) is 5.30. The van der Waals surface area contributed by atoms with Gasteiger partial charge in [-0.3, -0.25) is 33.6 Å². The number of carbonyl (C=O) groups is 7. The minimum atomic E-state index is -0.761. The molecule has 0 spiro atoms. The molecule has 7 rings (SSSR count). The Morgan fingerprint density at radius 1 is 0.806 bits per heavy atom. The van der Waals surface area contributed by atoms with Crippen LogP contribution in [-0.4, -0.2) is 105 Å². The summed E-state index contributed by atoms with van der Waals surface area (Å²) in [7, 11) is 6.83. The van der Waals surface area contributed by atoms with Crippen molar-refractivity contribution in [1.29, 1.82) is 0 Å². The Morgan fingerprint density at radius 3 is 2.38 bits per heavy atom. The van der Waals surface area contributed by atoms with Crippen LogP contribution in [0.5, 0.6) is 11.5 Å². The smallest absolute Gasteiger partial charge is 0.272 e. The van der Waals surface area contributed by atoms with Gasteiger partial charge in [-0.1, -0.05) is 25.1 Å². The third kappa shape index (κ3) is 13.3. The molecule has 5 aromatic rings. The summed E-state index contributed by atoms with van der Waals surface area (Å²) in [5.74, 6) is -1.06. The van der Waals surface area contributed by atoms with Gasteiger partial charge in [0.1, 0.15) is 11.5 Å². The summed E-state index contributed by atoms with van der Waals surface area (Å²) in [6, 6.07) is 19.8. The molecule has 18 heteroatoms. The summed E-state index contributed by atoms with van der Waals surface area (Å²) in [6.07, 6.45) is 5.65. The van der Waals surface area contributed by atoms with Gasteiger partial charge in [0.2, 0.25) is 17.7 Å². The van der Waals surface area contributed by atoms with Crippen molar-refractivity contribution in [2.45, 2.75) is 90.1 Å². The number of ether oxygens (including phenoxy) is 3. The van der Waals surface area contributed by atoms with Crippen LogP contribution in [0, 0.1) is 5.92 Å². The number of para-hydroxylation sites is 1. The first-order valence-corrected chi connectivity index (χ1v) is 25.3. The van der Waals surface area contributed by atoms with Gasteiger partial charge in [-0.25, -0.2) is 0 Å². The van der Waals surface area contributed by atoms with Crippen molar-refractivity contribution in [3.63, 3.8) is 0 Å². The fourth-order valence-electron chi connectivity index (χ4n) is 9.13. The predicted molar refractivity (Wildman–Crippen MR) is 279 cm³/mol. The topological polar surface area (TPSA) is 207 Å². The molecule has 4 heterocycles. The lowest BCUT2D eigenvalue weighted by Crippen LogP contribution is -2.42. The Hall–Kier alpha value is -7.05. The summed E-state index contributed by atoms with van der Waals surface area (Å²) < 4.78 is 19.3. The molecule has 0 aliphatic carbocycles. The molecule has 0 saturated heterocycles.